The van der Waals surface area contributed by atoms with Crippen LogP contribution in [0.3, 0.4) is 0 Å². The summed E-state index contributed by atoms with van der Waals surface area (Å²) in [6, 6.07) is 2.82. The Kier molecular flexibility index (Phi) is 3.04. The van der Waals surface area contributed by atoms with E-state index < -0.39 is 0 Å². The third kappa shape index (κ3) is 1.89. The van der Waals surface area contributed by atoms with Crippen molar-refractivity contribution in [3.63, 3.8) is 0 Å². The highest BCUT2D eigenvalue weighted by atomic mass is 32.2. The summed E-state index contributed by atoms with van der Waals surface area (Å²) >= 11 is 1.99. The number of hydrogen-bond acceptors (Lipinski definition) is 3. The van der Waals surface area contributed by atoms with Gasteiger partial charge in [-0.1, -0.05) is 0 Å². The van der Waals surface area contributed by atoms with Crippen LogP contribution < -0.4 is 0 Å². The molecule has 1 unspecified atom stereocenters. The second-order valence-corrected chi connectivity index (χ2v) is 3.74. The molecule has 0 radical (unpaired) electrons. The Hall–Kier alpha value is -0.200. The van der Waals surface area contributed by atoms with Gasteiger partial charge in [-0.2, -0.15) is 17.0 Å². The first kappa shape index (κ1) is 7.90. The average Bonchev–Trinajstić information content (AvgIpc) is 2.38. The zero-order valence-electron chi connectivity index (χ0n) is 6.21. The highest BCUT2D eigenvalue weighted by molar-refractivity contribution is 7.99. The van der Waals surface area contributed by atoms with Gasteiger partial charge in [-0.05, 0) is 19.2 Å². The standard InChI is InChI=1S/C7H12N2S/c1-9(4-3-8)7-2-5-10-6-7/h7H,2,4-6H2,1H3. The quantitative estimate of drug-likeness (QED) is 0.557. The van der Waals surface area contributed by atoms with Crippen LogP contribution in [0.4, 0.5) is 0 Å². The third-order valence-electron chi connectivity index (χ3n) is 1.85. The zero-order valence-corrected chi connectivity index (χ0v) is 7.02. The summed E-state index contributed by atoms with van der Waals surface area (Å²) in [7, 11) is 2.03. The van der Waals surface area contributed by atoms with Crippen LogP contribution in [-0.4, -0.2) is 36.0 Å². The molecule has 0 aromatic rings. The van der Waals surface area contributed by atoms with Crippen molar-refractivity contribution < 1.29 is 0 Å². The normalized spacial score (nSPS) is 25.1. The molecule has 0 aliphatic carbocycles. The van der Waals surface area contributed by atoms with Gasteiger partial charge in [0.1, 0.15) is 0 Å². The molecule has 56 valence electrons. The Bertz CT molecular complexity index is 135. The van der Waals surface area contributed by atoms with Crippen molar-refractivity contribution in [2.75, 3.05) is 25.1 Å². The molecule has 10 heavy (non-hydrogen) atoms. The lowest BCUT2D eigenvalue weighted by atomic mass is 10.2. The van der Waals surface area contributed by atoms with Gasteiger partial charge in [0, 0.05) is 11.8 Å². The molecule has 0 N–H and O–H groups in total. The smallest absolute Gasteiger partial charge is 0.0866 e. The molecule has 1 saturated heterocycles. The molecule has 2 nitrogen and oxygen atoms in total. The number of hydrogen-bond donors (Lipinski definition) is 0. The van der Waals surface area contributed by atoms with Crippen LogP contribution in [0.5, 0.6) is 0 Å². The zero-order chi connectivity index (χ0) is 7.40. The fourth-order valence-electron chi connectivity index (χ4n) is 1.11. The molecule has 0 spiro atoms. The number of thioether (sulfide) groups is 1. The number of nitrogens with zero attached hydrogens (tertiary/aromatic N) is 2. The Balaban J connectivity index is 2.26. The predicted octanol–water partition coefficient (Wildman–Crippen LogP) is 0.947. The van der Waals surface area contributed by atoms with Crippen LogP contribution >= 0.6 is 11.8 Å². The second-order valence-electron chi connectivity index (χ2n) is 2.59. The van der Waals surface area contributed by atoms with Gasteiger partial charge in [0.05, 0.1) is 12.6 Å². The Morgan fingerprint density at radius 2 is 2.60 bits per heavy atom. The van der Waals surface area contributed by atoms with Gasteiger partial charge >= 0.3 is 0 Å². The van der Waals surface area contributed by atoms with E-state index in [9.17, 15) is 0 Å². The van der Waals surface area contributed by atoms with Crippen LogP contribution in [0.1, 0.15) is 6.42 Å². The maximum Gasteiger partial charge on any atom is 0.0866 e. The number of rotatable bonds is 2. The van der Waals surface area contributed by atoms with Gasteiger partial charge in [-0.15, -0.1) is 0 Å². The fraction of sp³-hybridized carbons (Fsp3) is 0.857. The molecule has 0 saturated carbocycles. The van der Waals surface area contributed by atoms with Crippen molar-refractivity contribution in [1.82, 2.24) is 4.90 Å². The summed E-state index contributed by atoms with van der Waals surface area (Å²) in [6.45, 7) is 0.575. The van der Waals surface area contributed by atoms with E-state index in [0.29, 0.717) is 12.6 Å². The van der Waals surface area contributed by atoms with Gasteiger partial charge in [0.15, 0.2) is 0 Å². The predicted molar refractivity (Wildman–Crippen MR) is 44.0 cm³/mol. The van der Waals surface area contributed by atoms with Crippen LogP contribution in [0.15, 0.2) is 0 Å². The molecule has 0 amide bonds. The summed E-state index contributed by atoms with van der Waals surface area (Å²) in [6.07, 6.45) is 1.25. The topological polar surface area (TPSA) is 27.0 Å². The summed E-state index contributed by atoms with van der Waals surface area (Å²) in [4.78, 5) is 2.14. The number of nitriles is 1. The van der Waals surface area contributed by atoms with E-state index in [-0.39, 0.29) is 0 Å². The van der Waals surface area contributed by atoms with E-state index in [4.69, 9.17) is 5.26 Å². The summed E-state index contributed by atoms with van der Waals surface area (Å²) in [5.41, 5.74) is 0. The average molecular weight is 156 g/mol. The Morgan fingerprint density at radius 3 is 3.10 bits per heavy atom. The third-order valence-corrected chi connectivity index (χ3v) is 2.99. The van der Waals surface area contributed by atoms with Crippen molar-refractivity contribution in [3.8, 4) is 6.07 Å². The fourth-order valence-corrected chi connectivity index (χ4v) is 2.41. The Labute approximate surface area is 66.2 Å². The molecule has 1 aliphatic rings. The molecule has 1 rings (SSSR count). The van der Waals surface area contributed by atoms with E-state index in [1.165, 1.54) is 17.9 Å². The molecule has 0 aromatic heterocycles. The van der Waals surface area contributed by atoms with Crippen molar-refractivity contribution >= 4 is 11.8 Å². The maximum absolute atomic E-state index is 8.40. The molecule has 0 aromatic carbocycles. The molecule has 1 fully saturated rings. The van der Waals surface area contributed by atoms with Gasteiger partial charge in [0.2, 0.25) is 0 Å². The highest BCUT2D eigenvalue weighted by Gasteiger charge is 2.18. The van der Waals surface area contributed by atoms with Crippen molar-refractivity contribution in [3.05, 3.63) is 0 Å². The minimum atomic E-state index is 0.575. The van der Waals surface area contributed by atoms with E-state index in [1.807, 2.05) is 18.8 Å². The van der Waals surface area contributed by atoms with Crippen molar-refractivity contribution in [1.29, 1.82) is 5.26 Å². The largest absolute Gasteiger partial charge is 0.290 e. The lowest BCUT2D eigenvalue weighted by molar-refractivity contribution is 0.293. The van der Waals surface area contributed by atoms with Crippen LogP contribution in [0, 0.1) is 11.3 Å². The molecular weight excluding hydrogens is 144 g/mol. The first-order chi connectivity index (χ1) is 4.84. The molecular formula is C7H12N2S. The molecule has 1 heterocycles. The van der Waals surface area contributed by atoms with E-state index in [2.05, 4.69) is 11.0 Å². The Morgan fingerprint density at radius 1 is 1.80 bits per heavy atom. The SMILES string of the molecule is CN(CC#N)C1CCSC1. The highest BCUT2D eigenvalue weighted by Crippen LogP contribution is 2.20. The first-order valence-electron chi connectivity index (χ1n) is 3.49. The van der Waals surface area contributed by atoms with E-state index in [1.54, 1.807) is 0 Å². The van der Waals surface area contributed by atoms with Crippen molar-refractivity contribution in [2.24, 2.45) is 0 Å². The van der Waals surface area contributed by atoms with Crippen LogP contribution in [0.25, 0.3) is 0 Å². The molecule has 3 heteroatoms. The lowest BCUT2D eigenvalue weighted by Crippen LogP contribution is -2.31. The summed E-state index contributed by atoms with van der Waals surface area (Å²) < 4.78 is 0. The minimum absolute atomic E-state index is 0.575. The van der Waals surface area contributed by atoms with Gasteiger partial charge in [0.25, 0.3) is 0 Å². The van der Waals surface area contributed by atoms with Gasteiger partial charge in [-0.25, -0.2) is 0 Å². The second kappa shape index (κ2) is 3.85. The lowest BCUT2D eigenvalue weighted by Gasteiger charge is -2.19. The molecule has 1 aliphatic heterocycles. The molecule has 0 bridgehead atoms. The van der Waals surface area contributed by atoms with Gasteiger partial charge in [-0.3, -0.25) is 4.90 Å². The van der Waals surface area contributed by atoms with Crippen molar-refractivity contribution in [2.45, 2.75) is 12.5 Å². The van der Waals surface area contributed by atoms with Crippen LogP contribution in [0.2, 0.25) is 0 Å². The van der Waals surface area contributed by atoms with E-state index >= 15 is 0 Å². The minimum Gasteiger partial charge on any atom is -0.290 e. The summed E-state index contributed by atoms with van der Waals surface area (Å²) in [5, 5.41) is 8.40. The maximum atomic E-state index is 8.40. The van der Waals surface area contributed by atoms with E-state index in [0.717, 1.165) is 0 Å². The monoisotopic (exact) mass is 156 g/mol. The first-order valence-corrected chi connectivity index (χ1v) is 4.65. The summed E-state index contributed by atoms with van der Waals surface area (Å²) in [5.74, 6) is 2.47. The van der Waals surface area contributed by atoms with Gasteiger partial charge < -0.3 is 0 Å². The van der Waals surface area contributed by atoms with Crippen LogP contribution in [-0.2, 0) is 0 Å². The molecule has 1 atom stereocenters.